The molecule has 2 rings (SSSR count). The lowest BCUT2D eigenvalue weighted by molar-refractivity contribution is -0.179. The summed E-state index contributed by atoms with van der Waals surface area (Å²) >= 11 is 0. The van der Waals surface area contributed by atoms with E-state index in [2.05, 4.69) is 0 Å². The van der Waals surface area contributed by atoms with Gasteiger partial charge < -0.3 is 9.57 Å². The Kier molecular flexibility index (Phi) is 5.37. The molecule has 1 fully saturated rings. The van der Waals surface area contributed by atoms with Crippen LogP contribution in [0.25, 0.3) is 0 Å². The van der Waals surface area contributed by atoms with Crippen LogP contribution in [0.4, 0.5) is 4.79 Å². The number of amides is 1. The Bertz CT molecular complexity index is 512. The molecule has 1 saturated heterocycles. The molecular formula is C16H19NO4. The minimum absolute atomic E-state index is 0.148. The van der Waals surface area contributed by atoms with Gasteiger partial charge in [-0.05, 0) is 18.4 Å². The van der Waals surface area contributed by atoms with Gasteiger partial charge in [0.15, 0.2) is 0 Å². The SMILES string of the molecule is CCC=CCC(=O)ON1C(=O)OCC1Cc1ccccc1. The molecule has 1 amide bonds. The van der Waals surface area contributed by atoms with Gasteiger partial charge in [-0.25, -0.2) is 9.59 Å². The lowest BCUT2D eigenvalue weighted by Gasteiger charge is -2.19. The van der Waals surface area contributed by atoms with E-state index >= 15 is 0 Å². The van der Waals surface area contributed by atoms with E-state index in [1.807, 2.05) is 43.3 Å². The predicted octanol–water partition coefficient (Wildman–Crippen LogP) is 2.86. The molecule has 0 aliphatic carbocycles. The first-order valence-electron chi connectivity index (χ1n) is 7.06. The number of nitrogens with zero attached hydrogens (tertiary/aromatic N) is 1. The summed E-state index contributed by atoms with van der Waals surface area (Å²) in [5.41, 5.74) is 1.06. The van der Waals surface area contributed by atoms with E-state index in [-0.39, 0.29) is 19.1 Å². The Morgan fingerprint density at radius 1 is 1.38 bits per heavy atom. The molecule has 0 bridgehead atoms. The van der Waals surface area contributed by atoms with Crippen molar-refractivity contribution in [2.45, 2.75) is 32.2 Å². The minimum Gasteiger partial charge on any atom is -0.445 e. The maximum atomic E-state index is 11.7. The molecule has 0 saturated carbocycles. The van der Waals surface area contributed by atoms with Gasteiger partial charge >= 0.3 is 12.1 Å². The lowest BCUT2D eigenvalue weighted by atomic mass is 10.1. The highest BCUT2D eigenvalue weighted by molar-refractivity contribution is 5.75. The zero-order valence-electron chi connectivity index (χ0n) is 12.0. The van der Waals surface area contributed by atoms with Crippen LogP contribution in [0.1, 0.15) is 25.3 Å². The smallest absolute Gasteiger partial charge is 0.443 e. The van der Waals surface area contributed by atoms with E-state index < -0.39 is 12.1 Å². The Morgan fingerprint density at radius 3 is 2.86 bits per heavy atom. The van der Waals surface area contributed by atoms with Crippen molar-refractivity contribution in [2.75, 3.05) is 6.61 Å². The summed E-state index contributed by atoms with van der Waals surface area (Å²) in [5, 5.41) is 1.05. The van der Waals surface area contributed by atoms with Crippen molar-refractivity contribution >= 4 is 12.1 Å². The Balaban J connectivity index is 1.94. The normalized spacial score (nSPS) is 18.0. The van der Waals surface area contributed by atoms with Crippen LogP contribution < -0.4 is 0 Å². The van der Waals surface area contributed by atoms with E-state index in [1.54, 1.807) is 6.08 Å². The van der Waals surface area contributed by atoms with Crippen LogP contribution in [-0.2, 0) is 20.8 Å². The number of hydrogen-bond donors (Lipinski definition) is 0. The standard InChI is InChI=1S/C16H19NO4/c1-2-3-5-10-15(18)21-17-14(12-20-16(17)19)11-13-8-6-4-7-9-13/h3-9,14H,2,10-12H2,1H3. The molecule has 5 heteroatoms. The second-order valence-corrected chi connectivity index (χ2v) is 4.79. The van der Waals surface area contributed by atoms with Crippen molar-refractivity contribution in [2.24, 2.45) is 0 Å². The van der Waals surface area contributed by atoms with Crippen molar-refractivity contribution in [1.82, 2.24) is 5.06 Å². The topological polar surface area (TPSA) is 55.8 Å². The fourth-order valence-electron chi connectivity index (χ4n) is 2.08. The first-order chi connectivity index (χ1) is 10.2. The third-order valence-corrected chi connectivity index (χ3v) is 3.11. The summed E-state index contributed by atoms with van der Waals surface area (Å²) in [5.74, 6) is -0.461. The van der Waals surface area contributed by atoms with Gasteiger partial charge in [0, 0.05) is 0 Å². The molecule has 0 radical (unpaired) electrons. The Hall–Kier alpha value is -2.30. The number of cyclic esters (lactones) is 1. The third kappa shape index (κ3) is 4.34. The highest BCUT2D eigenvalue weighted by Gasteiger charge is 2.36. The number of hydroxylamine groups is 2. The van der Waals surface area contributed by atoms with Crippen LogP contribution in [0.15, 0.2) is 42.5 Å². The van der Waals surface area contributed by atoms with Crippen LogP contribution in [-0.4, -0.2) is 29.8 Å². The van der Waals surface area contributed by atoms with E-state index in [4.69, 9.17) is 9.57 Å². The van der Waals surface area contributed by atoms with E-state index in [1.165, 1.54) is 0 Å². The molecule has 112 valence electrons. The highest BCUT2D eigenvalue weighted by Crippen LogP contribution is 2.18. The number of rotatable bonds is 6. The zero-order chi connectivity index (χ0) is 15.1. The molecule has 1 aliphatic heterocycles. The predicted molar refractivity (Wildman–Crippen MR) is 77.3 cm³/mol. The summed E-state index contributed by atoms with van der Waals surface area (Å²) in [4.78, 5) is 28.5. The van der Waals surface area contributed by atoms with Crippen molar-refractivity contribution in [3.05, 3.63) is 48.0 Å². The highest BCUT2D eigenvalue weighted by atomic mass is 16.8. The minimum atomic E-state index is -0.608. The molecule has 0 spiro atoms. The average molecular weight is 289 g/mol. The number of benzene rings is 1. The maximum Gasteiger partial charge on any atom is 0.443 e. The zero-order valence-corrected chi connectivity index (χ0v) is 12.0. The summed E-state index contributed by atoms with van der Waals surface area (Å²) < 4.78 is 4.97. The van der Waals surface area contributed by atoms with Crippen LogP contribution in [0.3, 0.4) is 0 Å². The molecule has 0 aromatic heterocycles. The first kappa shape index (κ1) is 15.1. The molecule has 0 N–H and O–H groups in total. The Labute approximate surface area is 124 Å². The largest absolute Gasteiger partial charge is 0.445 e. The molecule has 1 unspecified atom stereocenters. The summed E-state index contributed by atoms with van der Waals surface area (Å²) in [6.07, 6.45) is 4.60. The molecule has 21 heavy (non-hydrogen) atoms. The van der Waals surface area contributed by atoms with E-state index in [0.717, 1.165) is 17.0 Å². The fraction of sp³-hybridized carbons (Fsp3) is 0.375. The quantitative estimate of drug-likeness (QED) is 0.756. The lowest BCUT2D eigenvalue weighted by Crippen LogP contribution is -2.37. The van der Waals surface area contributed by atoms with E-state index in [9.17, 15) is 9.59 Å². The molecule has 1 aromatic rings. The number of allylic oxidation sites excluding steroid dienone is 1. The molecule has 1 heterocycles. The third-order valence-electron chi connectivity index (χ3n) is 3.11. The van der Waals surface area contributed by atoms with Gasteiger partial charge in [-0.2, -0.15) is 0 Å². The fourth-order valence-corrected chi connectivity index (χ4v) is 2.08. The van der Waals surface area contributed by atoms with Crippen molar-refractivity contribution in [3.63, 3.8) is 0 Å². The number of carbonyl (C=O) groups is 2. The number of ether oxygens (including phenoxy) is 1. The second kappa shape index (κ2) is 7.47. The molecule has 1 atom stereocenters. The summed E-state index contributed by atoms with van der Waals surface area (Å²) in [6.45, 7) is 2.21. The van der Waals surface area contributed by atoms with Crippen LogP contribution in [0.5, 0.6) is 0 Å². The van der Waals surface area contributed by atoms with Gasteiger partial charge in [0.2, 0.25) is 0 Å². The van der Waals surface area contributed by atoms with Gasteiger partial charge in [0.1, 0.15) is 12.6 Å². The van der Waals surface area contributed by atoms with Gasteiger partial charge in [-0.3, -0.25) is 0 Å². The van der Waals surface area contributed by atoms with Crippen molar-refractivity contribution < 1.29 is 19.2 Å². The Morgan fingerprint density at radius 2 is 2.14 bits per heavy atom. The van der Waals surface area contributed by atoms with Gasteiger partial charge in [0.05, 0.1) is 6.42 Å². The van der Waals surface area contributed by atoms with Gasteiger partial charge in [-0.1, -0.05) is 49.4 Å². The molecular weight excluding hydrogens is 270 g/mol. The maximum absolute atomic E-state index is 11.7. The number of carbonyl (C=O) groups excluding carboxylic acids is 2. The van der Waals surface area contributed by atoms with E-state index in [0.29, 0.717) is 6.42 Å². The molecule has 1 aliphatic rings. The summed E-state index contributed by atoms with van der Waals surface area (Å²) in [6, 6.07) is 9.44. The van der Waals surface area contributed by atoms with Gasteiger partial charge in [0.25, 0.3) is 0 Å². The summed E-state index contributed by atoms with van der Waals surface area (Å²) in [7, 11) is 0. The van der Waals surface area contributed by atoms with Crippen LogP contribution >= 0.6 is 0 Å². The van der Waals surface area contributed by atoms with Crippen LogP contribution in [0, 0.1) is 0 Å². The molecule has 1 aromatic carbocycles. The van der Waals surface area contributed by atoms with Crippen molar-refractivity contribution in [1.29, 1.82) is 0 Å². The first-order valence-corrected chi connectivity index (χ1v) is 7.06. The molecule has 5 nitrogen and oxygen atoms in total. The second-order valence-electron chi connectivity index (χ2n) is 4.79. The monoisotopic (exact) mass is 289 g/mol. The number of hydrogen-bond acceptors (Lipinski definition) is 4. The van der Waals surface area contributed by atoms with Gasteiger partial charge in [-0.15, -0.1) is 5.06 Å². The van der Waals surface area contributed by atoms with Crippen LogP contribution in [0.2, 0.25) is 0 Å². The van der Waals surface area contributed by atoms with Crippen molar-refractivity contribution in [3.8, 4) is 0 Å². The average Bonchev–Trinajstić information content (AvgIpc) is 2.82.